The summed E-state index contributed by atoms with van der Waals surface area (Å²) in [5.41, 5.74) is 1.77. The Balaban J connectivity index is 2.67. The Bertz CT molecular complexity index is 440. The molecule has 4 nitrogen and oxygen atoms in total. The van der Waals surface area contributed by atoms with Crippen LogP contribution in [-0.2, 0) is 16.1 Å². The molecule has 18 heavy (non-hydrogen) atoms. The van der Waals surface area contributed by atoms with Crippen molar-refractivity contribution in [2.24, 2.45) is 0 Å². The summed E-state index contributed by atoms with van der Waals surface area (Å²) < 4.78 is 38.8. The minimum Gasteiger partial charge on any atom is -0.392 e. The van der Waals surface area contributed by atoms with E-state index in [0.717, 1.165) is 0 Å². The summed E-state index contributed by atoms with van der Waals surface area (Å²) >= 11 is 0. The molecular formula is C11H12F3NO3. The number of aliphatic hydroxyl groups excluding tert-OH is 1. The Kier molecular flexibility index (Phi) is 5.11. The first kappa shape index (κ1) is 14.5. The predicted octanol–water partition coefficient (Wildman–Crippen LogP) is 1.07. The molecule has 0 saturated heterocycles. The van der Waals surface area contributed by atoms with E-state index in [9.17, 15) is 23.1 Å². The van der Waals surface area contributed by atoms with E-state index in [2.05, 4.69) is 4.84 Å². The van der Waals surface area contributed by atoms with Crippen LogP contribution in [0, 0.1) is 17.5 Å². The molecule has 0 heterocycles. The molecule has 7 heteroatoms. The van der Waals surface area contributed by atoms with Crippen molar-refractivity contribution < 1.29 is 27.9 Å². The molecule has 0 unspecified atom stereocenters. The van der Waals surface area contributed by atoms with E-state index in [1.165, 1.54) is 7.11 Å². The van der Waals surface area contributed by atoms with Crippen LogP contribution in [0.5, 0.6) is 0 Å². The van der Waals surface area contributed by atoms with E-state index in [0.29, 0.717) is 12.1 Å². The number of aliphatic hydroxyl groups is 1. The Morgan fingerprint density at radius 3 is 2.56 bits per heavy atom. The maximum atomic E-state index is 13.2. The van der Waals surface area contributed by atoms with Gasteiger partial charge in [-0.1, -0.05) is 0 Å². The van der Waals surface area contributed by atoms with Gasteiger partial charge in [-0.15, -0.1) is 0 Å². The molecule has 1 amide bonds. The third-order valence-corrected chi connectivity index (χ3v) is 2.18. The first-order valence-electron chi connectivity index (χ1n) is 5.07. The number of halogens is 3. The molecule has 0 fully saturated rings. The lowest BCUT2D eigenvalue weighted by Crippen LogP contribution is -2.27. The topological polar surface area (TPSA) is 58.6 Å². The van der Waals surface area contributed by atoms with Gasteiger partial charge in [0, 0.05) is 12.5 Å². The van der Waals surface area contributed by atoms with Crippen molar-refractivity contribution in [1.82, 2.24) is 5.48 Å². The highest BCUT2D eigenvalue weighted by molar-refractivity contribution is 5.75. The highest BCUT2D eigenvalue weighted by Gasteiger charge is 2.16. The lowest BCUT2D eigenvalue weighted by Gasteiger charge is -2.11. The molecule has 0 aliphatic heterocycles. The number of amides is 1. The zero-order valence-corrected chi connectivity index (χ0v) is 9.54. The van der Waals surface area contributed by atoms with E-state index in [1.54, 1.807) is 0 Å². The number of carbonyl (C=O) groups excluding carboxylic acids is 1. The van der Waals surface area contributed by atoms with E-state index >= 15 is 0 Å². The number of rotatable bonds is 5. The van der Waals surface area contributed by atoms with Crippen molar-refractivity contribution in [3.05, 3.63) is 35.1 Å². The molecule has 0 bridgehead atoms. The molecular weight excluding hydrogens is 251 g/mol. The minimum atomic E-state index is -1.30. The van der Waals surface area contributed by atoms with Gasteiger partial charge >= 0.3 is 0 Å². The fraction of sp³-hybridized carbons (Fsp3) is 0.364. The van der Waals surface area contributed by atoms with Gasteiger partial charge in [0.05, 0.1) is 19.6 Å². The number of hydrogen-bond donors (Lipinski definition) is 2. The van der Waals surface area contributed by atoms with E-state index in [4.69, 9.17) is 0 Å². The molecule has 1 aromatic rings. The number of nitrogens with one attached hydrogen (secondary N) is 1. The van der Waals surface area contributed by atoms with Gasteiger partial charge < -0.3 is 5.11 Å². The molecule has 0 aromatic heterocycles. The number of hydrogen-bond acceptors (Lipinski definition) is 3. The van der Waals surface area contributed by atoms with Crippen LogP contribution in [0.25, 0.3) is 0 Å². The molecule has 0 radical (unpaired) electrons. The Hall–Kier alpha value is -1.60. The predicted molar refractivity (Wildman–Crippen MR) is 55.8 cm³/mol. The summed E-state index contributed by atoms with van der Waals surface area (Å²) in [5, 5.41) is 9.49. The highest BCUT2D eigenvalue weighted by atomic mass is 19.2. The van der Waals surface area contributed by atoms with Crippen molar-refractivity contribution in [3.8, 4) is 0 Å². The number of carbonyl (C=O) groups is 1. The lowest BCUT2D eigenvalue weighted by molar-refractivity contribution is -0.133. The van der Waals surface area contributed by atoms with Crippen LogP contribution in [0.4, 0.5) is 13.2 Å². The average molecular weight is 263 g/mol. The number of benzene rings is 1. The normalized spacial score (nSPS) is 12.3. The van der Waals surface area contributed by atoms with E-state index in [1.807, 2.05) is 5.48 Å². The van der Waals surface area contributed by atoms with Crippen LogP contribution >= 0.6 is 0 Å². The second-order valence-electron chi connectivity index (χ2n) is 3.65. The van der Waals surface area contributed by atoms with Crippen molar-refractivity contribution in [2.45, 2.75) is 18.9 Å². The fourth-order valence-corrected chi connectivity index (χ4v) is 1.42. The van der Waals surface area contributed by atoms with E-state index in [-0.39, 0.29) is 18.4 Å². The lowest BCUT2D eigenvalue weighted by atomic mass is 10.0. The van der Waals surface area contributed by atoms with Crippen molar-refractivity contribution in [1.29, 1.82) is 0 Å². The van der Waals surface area contributed by atoms with Crippen LogP contribution in [0.2, 0.25) is 0 Å². The molecule has 0 spiro atoms. The van der Waals surface area contributed by atoms with Crippen LogP contribution in [0.15, 0.2) is 12.1 Å². The molecule has 1 atom stereocenters. The van der Waals surface area contributed by atoms with Gasteiger partial charge in [-0.25, -0.2) is 18.7 Å². The molecule has 2 N–H and O–H groups in total. The van der Waals surface area contributed by atoms with Gasteiger partial charge in [0.25, 0.3) is 0 Å². The summed E-state index contributed by atoms with van der Waals surface area (Å²) in [5.74, 6) is -4.09. The standard InChI is InChI=1S/C11H12F3NO3/c1-18-15-11(17)4-7(16)2-6-3-9(13)10(14)5-8(6)12/h3,5,7,16H,2,4H2,1H3,(H,15,17)/t7-/m0/s1. The summed E-state index contributed by atoms with van der Waals surface area (Å²) in [4.78, 5) is 15.3. The first-order valence-corrected chi connectivity index (χ1v) is 5.07. The maximum absolute atomic E-state index is 13.2. The van der Waals surface area contributed by atoms with Gasteiger partial charge in [0.1, 0.15) is 5.82 Å². The molecule has 100 valence electrons. The van der Waals surface area contributed by atoms with E-state index < -0.39 is 29.5 Å². The average Bonchev–Trinajstić information content (AvgIpc) is 2.26. The summed E-state index contributed by atoms with van der Waals surface area (Å²) in [6.45, 7) is 0. The van der Waals surface area contributed by atoms with Gasteiger partial charge in [0.15, 0.2) is 11.6 Å². The number of hydroxylamine groups is 1. The summed E-state index contributed by atoms with van der Waals surface area (Å²) in [7, 11) is 1.22. The minimum absolute atomic E-state index is 0.202. The molecule has 1 rings (SSSR count). The largest absolute Gasteiger partial charge is 0.392 e. The maximum Gasteiger partial charge on any atom is 0.246 e. The van der Waals surface area contributed by atoms with Crippen LogP contribution in [0.1, 0.15) is 12.0 Å². The van der Waals surface area contributed by atoms with Crippen LogP contribution < -0.4 is 5.48 Å². The summed E-state index contributed by atoms with van der Waals surface area (Å²) in [6.07, 6.45) is -1.87. The molecule has 0 aliphatic carbocycles. The molecule has 0 saturated carbocycles. The third kappa shape index (κ3) is 4.01. The second-order valence-corrected chi connectivity index (χ2v) is 3.65. The highest BCUT2D eigenvalue weighted by Crippen LogP contribution is 2.16. The van der Waals surface area contributed by atoms with Gasteiger partial charge in [0.2, 0.25) is 5.91 Å². The Morgan fingerprint density at radius 2 is 1.94 bits per heavy atom. The third-order valence-electron chi connectivity index (χ3n) is 2.18. The molecule has 0 aliphatic rings. The monoisotopic (exact) mass is 263 g/mol. The Morgan fingerprint density at radius 1 is 1.33 bits per heavy atom. The SMILES string of the molecule is CONC(=O)C[C@@H](O)Cc1cc(F)c(F)cc1F. The van der Waals surface area contributed by atoms with Crippen molar-refractivity contribution in [3.63, 3.8) is 0 Å². The zero-order chi connectivity index (χ0) is 13.7. The van der Waals surface area contributed by atoms with Gasteiger partial charge in [-0.3, -0.25) is 9.63 Å². The smallest absolute Gasteiger partial charge is 0.246 e. The quantitative estimate of drug-likeness (QED) is 0.617. The van der Waals surface area contributed by atoms with Crippen LogP contribution in [0.3, 0.4) is 0 Å². The van der Waals surface area contributed by atoms with Gasteiger partial charge in [-0.2, -0.15) is 0 Å². The fourth-order valence-electron chi connectivity index (χ4n) is 1.42. The van der Waals surface area contributed by atoms with Crippen molar-refractivity contribution in [2.75, 3.05) is 7.11 Å². The van der Waals surface area contributed by atoms with Gasteiger partial charge in [-0.05, 0) is 11.6 Å². The zero-order valence-electron chi connectivity index (χ0n) is 9.54. The summed E-state index contributed by atoms with van der Waals surface area (Å²) in [6, 6.07) is 1.05. The van der Waals surface area contributed by atoms with Crippen molar-refractivity contribution >= 4 is 5.91 Å². The second kappa shape index (κ2) is 6.36. The Labute approximate surface area is 101 Å². The van der Waals surface area contributed by atoms with Crippen LogP contribution in [-0.4, -0.2) is 24.2 Å². The molecule has 1 aromatic carbocycles. The first-order chi connectivity index (χ1) is 8.43.